The molecule has 0 saturated heterocycles. The van der Waals surface area contributed by atoms with Gasteiger partial charge < -0.3 is 20.0 Å². The lowest BCUT2D eigenvalue weighted by atomic mass is 10.2. The van der Waals surface area contributed by atoms with Gasteiger partial charge in [0, 0.05) is 45.0 Å². The Bertz CT molecular complexity index is 894. The second kappa shape index (κ2) is 10.6. The maximum absolute atomic E-state index is 5.56. The van der Waals surface area contributed by atoms with Crippen LogP contribution in [0.4, 0.5) is 5.82 Å². The van der Waals surface area contributed by atoms with E-state index in [2.05, 4.69) is 25.6 Å². The number of guanidine groups is 1. The molecule has 0 spiro atoms. The van der Waals surface area contributed by atoms with Crippen molar-refractivity contribution in [2.75, 3.05) is 26.0 Å². The summed E-state index contributed by atoms with van der Waals surface area (Å²) in [6.45, 7) is 1.14. The van der Waals surface area contributed by atoms with Crippen molar-refractivity contribution in [1.82, 2.24) is 20.6 Å². The van der Waals surface area contributed by atoms with E-state index in [1.54, 1.807) is 19.5 Å². The van der Waals surface area contributed by atoms with E-state index in [9.17, 15) is 0 Å². The van der Waals surface area contributed by atoms with Gasteiger partial charge in [-0.2, -0.15) is 0 Å². The number of anilines is 1. The molecule has 2 heterocycles. The standard InChI is InChI=1S/C20H24N6O.HI/c1-21-20(23-12-16-10-7-11-22-18(16)26(2)3)24-13-17-14-27-19(25-17)15-8-5-4-6-9-15;/h4-11,14H,12-13H2,1-3H3,(H2,21,23,24);1H. The summed E-state index contributed by atoms with van der Waals surface area (Å²) in [5.74, 6) is 2.23. The van der Waals surface area contributed by atoms with Crippen molar-refractivity contribution in [3.63, 3.8) is 0 Å². The third kappa shape index (κ3) is 5.69. The maximum Gasteiger partial charge on any atom is 0.226 e. The smallest absolute Gasteiger partial charge is 0.226 e. The molecule has 0 amide bonds. The Morgan fingerprint density at radius 1 is 1.07 bits per heavy atom. The topological polar surface area (TPSA) is 78.6 Å². The average Bonchev–Trinajstić information content (AvgIpc) is 3.18. The van der Waals surface area contributed by atoms with E-state index in [0.717, 1.165) is 22.6 Å². The molecule has 3 rings (SSSR count). The van der Waals surface area contributed by atoms with Gasteiger partial charge in [0.15, 0.2) is 5.96 Å². The molecule has 0 bridgehead atoms. The molecule has 7 nitrogen and oxygen atoms in total. The third-order valence-electron chi connectivity index (χ3n) is 3.97. The number of halogens is 1. The van der Waals surface area contributed by atoms with Crippen LogP contribution in [-0.2, 0) is 13.1 Å². The van der Waals surface area contributed by atoms with Crippen molar-refractivity contribution in [3.8, 4) is 11.5 Å². The molecule has 2 N–H and O–H groups in total. The minimum Gasteiger partial charge on any atom is -0.444 e. The molecule has 148 valence electrons. The van der Waals surface area contributed by atoms with Gasteiger partial charge in [0.1, 0.15) is 12.1 Å². The van der Waals surface area contributed by atoms with Gasteiger partial charge in [-0.1, -0.05) is 24.3 Å². The van der Waals surface area contributed by atoms with Gasteiger partial charge in [0.05, 0.1) is 12.2 Å². The molecule has 8 heteroatoms. The fourth-order valence-electron chi connectivity index (χ4n) is 2.65. The molecular weight excluding hydrogens is 467 g/mol. The van der Waals surface area contributed by atoms with E-state index in [0.29, 0.717) is 24.9 Å². The zero-order valence-electron chi connectivity index (χ0n) is 16.2. The largest absolute Gasteiger partial charge is 0.444 e. The van der Waals surface area contributed by atoms with E-state index in [1.807, 2.05) is 61.5 Å². The number of rotatable bonds is 6. The second-order valence-electron chi connectivity index (χ2n) is 6.17. The van der Waals surface area contributed by atoms with Crippen LogP contribution in [0.2, 0.25) is 0 Å². The number of aliphatic imine (C=N–C) groups is 1. The Morgan fingerprint density at radius 3 is 2.54 bits per heavy atom. The Labute approximate surface area is 182 Å². The van der Waals surface area contributed by atoms with Gasteiger partial charge in [-0.15, -0.1) is 24.0 Å². The van der Waals surface area contributed by atoms with Gasteiger partial charge in [0.2, 0.25) is 5.89 Å². The van der Waals surface area contributed by atoms with Crippen LogP contribution in [0.3, 0.4) is 0 Å². The van der Waals surface area contributed by atoms with E-state index in [1.165, 1.54) is 0 Å². The Balaban J connectivity index is 0.00000280. The van der Waals surface area contributed by atoms with Gasteiger partial charge in [0.25, 0.3) is 0 Å². The predicted octanol–water partition coefficient (Wildman–Crippen LogP) is 3.29. The minimum absolute atomic E-state index is 0. The molecule has 0 unspecified atom stereocenters. The SMILES string of the molecule is CN=C(NCc1coc(-c2ccccc2)n1)NCc1cccnc1N(C)C.I. The van der Waals surface area contributed by atoms with Gasteiger partial charge in [-0.25, -0.2) is 9.97 Å². The summed E-state index contributed by atoms with van der Waals surface area (Å²) in [7, 11) is 5.70. The molecule has 0 fully saturated rings. The number of nitrogens with one attached hydrogen (secondary N) is 2. The van der Waals surface area contributed by atoms with Crippen LogP contribution in [-0.4, -0.2) is 37.1 Å². The number of benzene rings is 1. The molecule has 2 aromatic heterocycles. The lowest BCUT2D eigenvalue weighted by Crippen LogP contribution is -2.36. The van der Waals surface area contributed by atoms with Crippen LogP contribution in [0, 0.1) is 0 Å². The molecule has 28 heavy (non-hydrogen) atoms. The van der Waals surface area contributed by atoms with E-state index >= 15 is 0 Å². The minimum atomic E-state index is 0. The van der Waals surface area contributed by atoms with Crippen LogP contribution in [0.5, 0.6) is 0 Å². The molecule has 0 saturated carbocycles. The molecule has 3 aromatic rings. The van der Waals surface area contributed by atoms with Crippen molar-refractivity contribution in [2.45, 2.75) is 13.1 Å². The van der Waals surface area contributed by atoms with Crippen LogP contribution < -0.4 is 15.5 Å². The third-order valence-corrected chi connectivity index (χ3v) is 3.97. The first-order valence-corrected chi connectivity index (χ1v) is 8.73. The summed E-state index contributed by atoms with van der Waals surface area (Å²) >= 11 is 0. The summed E-state index contributed by atoms with van der Waals surface area (Å²) in [4.78, 5) is 15.2. The first-order valence-electron chi connectivity index (χ1n) is 8.73. The molecule has 0 aliphatic carbocycles. The molecule has 1 aromatic carbocycles. The Kier molecular flexibility index (Phi) is 8.24. The Hall–Kier alpha value is -2.62. The fourth-order valence-corrected chi connectivity index (χ4v) is 2.65. The van der Waals surface area contributed by atoms with Gasteiger partial charge in [-0.3, -0.25) is 4.99 Å². The highest BCUT2D eigenvalue weighted by molar-refractivity contribution is 14.0. The zero-order valence-corrected chi connectivity index (χ0v) is 18.5. The summed E-state index contributed by atoms with van der Waals surface area (Å²) in [6, 6.07) is 13.8. The summed E-state index contributed by atoms with van der Waals surface area (Å²) in [5, 5.41) is 6.56. The zero-order chi connectivity index (χ0) is 19.1. The lowest BCUT2D eigenvalue weighted by Gasteiger charge is -2.17. The van der Waals surface area contributed by atoms with Gasteiger partial charge in [-0.05, 0) is 18.2 Å². The van der Waals surface area contributed by atoms with E-state index < -0.39 is 0 Å². The van der Waals surface area contributed by atoms with Crippen molar-refractivity contribution >= 4 is 35.8 Å². The number of aromatic nitrogens is 2. The quantitative estimate of drug-likeness (QED) is 0.313. The van der Waals surface area contributed by atoms with Crippen molar-refractivity contribution in [3.05, 3.63) is 66.2 Å². The molecule has 0 atom stereocenters. The Morgan fingerprint density at radius 2 is 1.82 bits per heavy atom. The number of hydrogen-bond donors (Lipinski definition) is 2. The monoisotopic (exact) mass is 492 g/mol. The van der Waals surface area contributed by atoms with Crippen molar-refractivity contribution in [2.24, 2.45) is 4.99 Å². The predicted molar refractivity (Wildman–Crippen MR) is 123 cm³/mol. The summed E-state index contributed by atoms with van der Waals surface area (Å²) in [5.41, 5.74) is 2.87. The molecular formula is C20H25IN6O. The van der Waals surface area contributed by atoms with Crippen LogP contribution in [0.25, 0.3) is 11.5 Å². The molecule has 0 aliphatic rings. The van der Waals surface area contributed by atoms with Crippen molar-refractivity contribution in [1.29, 1.82) is 0 Å². The first-order chi connectivity index (χ1) is 13.2. The average molecular weight is 492 g/mol. The molecule has 0 radical (unpaired) electrons. The number of oxazole rings is 1. The first kappa shape index (κ1) is 21.7. The second-order valence-corrected chi connectivity index (χ2v) is 6.17. The number of pyridine rings is 1. The number of hydrogen-bond acceptors (Lipinski definition) is 5. The van der Waals surface area contributed by atoms with E-state index in [4.69, 9.17) is 4.42 Å². The highest BCUT2D eigenvalue weighted by Gasteiger charge is 2.08. The maximum atomic E-state index is 5.56. The normalized spacial score (nSPS) is 10.9. The van der Waals surface area contributed by atoms with E-state index in [-0.39, 0.29) is 24.0 Å². The lowest BCUT2D eigenvalue weighted by molar-refractivity contribution is 0.572. The van der Waals surface area contributed by atoms with Crippen molar-refractivity contribution < 1.29 is 4.42 Å². The summed E-state index contributed by atoms with van der Waals surface area (Å²) in [6.07, 6.45) is 3.45. The highest BCUT2D eigenvalue weighted by atomic mass is 127. The number of nitrogens with zero attached hydrogens (tertiary/aromatic N) is 4. The molecule has 0 aliphatic heterocycles. The van der Waals surface area contributed by atoms with Crippen LogP contribution in [0.1, 0.15) is 11.3 Å². The fraction of sp³-hybridized carbons (Fsp3) is 0.250. The summed E-state index contributed by atoms with van der Waals surface area (Å²) < 4.78 is 5.56. The van der Waals surface area contributed by atoms with Gasteiger partial charge >= 0.3 is 0 Å². The van der Waals surface area contributed by atoms with Crippen LogP contribution >= 0.6 is 24.0 Å². The highest BCUT2D eigenvalue weighted by Crippen LogP contribution is 2.17. The van der Waals surface area contributed by atoms with Crippen LogP contribution in [0.15, 0.2) is 64.3 Å².